The predicted octanol–water partition coefficient (Wildman–Crippen LogP) is 2.46. The molecule has 1 aromatic carbocycles. The maximum Gasteiger partial charge on any atom is 0.274 e. The van der Waals surface area contributed by atoms with Crippen molar-refractivity contribution in [3.63, 3.8) is 0 Å². The molecule has 148 valence electrons. The van der Waals surface area contributed by atoms with E-state index in [1.54, 1.807) is 24.7 Å². The van der Waals surface area contributed by atoms with Gasteiger partial charge in [0.1, 0.15) is 5.69 Å². The van der Waals surface area contributed by atoms with Gasteiger partial charge in [0, 0.05) is 50.5 Å². The van der Waals surface area contributed by atoms with Crippen molar-refractivity contribution < 1.29 is 4.79 Å². The minimum absolute atomic E-state index is 0.241. The number of piperazine rings is 1. The SMILES string of the molecule is Cc1cc(C)cc(NC(=O)c2ccnc(N3CCN(c4ncccn4)CC3)n2)c1. The second-order valence-corrected chi connectivity index (χ2v) is 7.10. The number of hydrogen-bond acceptors (Lipinski definition) is 7. The Morgan fingerprint density at radius 1 is 0.862 bits per heavy atom. The number of nitrogens with one attached hydrogen (secondary N) is 1. The Bertz CT molecular complexity index is 981. The molecule has 8 heteroatoms. The van der Waals surface area contributed by atoms with Crippen LogP contribution in [0.15, 0.2) is 48.9 Å². The highest BCUT2D eigenvalue weighted by molar-refractivity contribution is 6.03. The van der Waals surface area contributed by atoms with Crippen LogP contribution in [-0.4, -0.2) is 52.0 Å². The summed E-state index contributed by atoms with van der Waals surface area (Å²) >= 11 is 0. The summed E-state index contributed by atoms with van der Waals surface area (Å²) in [6.45, 7) is 7.02. The Balaban J connectivity index is 1.43. The van der Waals surface area contributed by atoms with E-state index in [1.807, 2.05) is 32.0 Å². The summed E-state index contributed by atoms with van der Waals surface area (Å²) in [6, 6.07) is 9.39. The van der Waals surface area contributed by atoms with Crippen molar-refractivity contribution in [3.05, 3.63) is 65.7 Å². The maximum absolute atomic E-state index is 12.7. The number of rotatable bonds is 4. The van der Waals surface area contributed by atoms with E-state index in [0.29, 0.717) is 11.6 Å². The zero-order chi connectivity index (χ0) is 20.2. The van der Waals surface area contributed by atoms with Crippen LogP contribution in [0.3, 0.4) is 0 Å². The molecule has 1 aliphatic rings. The smallest absolute Gasteiger partial charge is 0.274 e. The van der Waals surface area contributed by atoms with Crippen molar-refractivity contribution in [3.8, 4) is 0 Å². The number of carbonyl (C=O) groups excluding carboxylic acids is 1. The van der Waals surface area contributed by atoms with E-state index in [-0.39, 0.29) is 5.91 Å². The fourth-order valence-electron chi connectivity index (χ4n) is 3.43. The van der Waals surface area contributed by atoms with E-state index in [1.165, 1.54) is 0 Å². The van der Waals surface area contributed by atoms with Gasteiger partial charge < -0.3 is 15.1 Å². The zero-order valence-corrected chi connectivity index (χ0v) is 16.5. The van der Waals surface area contributed by atoms with Gasteiger partial charge in [-0.2, -0.15) is 0 Å². The van der Waals surface area contributed by atoms with Crippen molar-refractivity contribution >= 4 is 23.5 Å². The summed E-state index contributed by atoms with van der Waals surface area (Å²) in [5.41, 5.74) is 3.32. The molecule has 1 fully saturated rings. The molecule has 0 unspecified atom stereocenters. The third-order valence-corrected chi connectivity index (χ3v) is 4.75. The molecule has 0 radical (unpaired) electrons. The highest BCUT2D eigenvalue weighted by Gasteiger charge is 2.21. The fourth-order valence-corrected chi connectivity index (χ4v) is 3.43. The van der Waals surface area contributed by atoms with Gasteiger partial charge in [-0.1, -0.05) is 6.07 Å². The van der Waals surface area contributed by atoms with Crippen LogP contribution in [0.2, 0.25) is 0 Å². The fraction of sp³-hybridized carbons (Fsp3) is 0.286. The summed E-state index contributed by atoms with van der Waals surface area (Å²) in [5.74, 6) is 1.05. The zero-order valence-electron chi connectivity index (χ0n) is 16.5. The Kier molecular flexibility index (Phi) is 5.33. The number of aryl methyl sites for hydroxylation is 2. The van der Waals surface area contributed by atoms with Crippen LogP contribution in [0.25, 0.3) is 0 Å². The molecule has 0 bridgehead atoms. The van der Waals surface area contributed by atoms with Crippen LogP contribution in [0.1, 0.15) is 21.6 Å². The number of amides is 1. The number of benzene rings is 1. The summed E-state index contributed by atoms with van der Waals surface area (Å²) in [6.07, 6.45) is 5.12. The predicted molar refractivity (Wildman–Crippen MR) is 112 cm³/mol. The van der Waals surface area contributed by atoms with E-state index >= 15 is 0 Å². The number of carbonyl (C=O) groups is 1. The largest absolute Gasteiger partial charge is 0.337 e. The van der Waals surface area contributed by atoms with Gasteiger partial charge in [0.05, 0.1) is 0 Å². The molecule has 1 saturated heterocycles. The van der Waals surface area contributed by atoms with Crippen LogP contribution in [-0.2, 0) is 0 Å². The molecular formula is C21H23N7O. The Morgan fingerprint density at radius 2 is 1.45 bits per heavy atom. The van der Waals surface area contributed by atoms with Gasteiger partial charge in [-0.3, -0.25) is 4.79 Å². The third kappa shape index (κ3) is 4.48. The minimum Gasteiger partial charge on any atom is -0.337 e. The molecular weight excluding hydrogens is 366 g/mol. The van der Waals surface area contributed by atoms with Gasteiger partial charge in [-0.15, -0.1) is 0 Å². The van der Waals surface area contributed by atoms with Crippen molar-refractivity contribution in [2.75, 3.05) is 41.3 Å². The summed E-state index contributed by atoms with van der Waals surface area (Å²) in [4.78, 5) is 34.3. The molecule has 4 rings (SSSR count). The Morgan fingerprint density at radius 3 is 2.10 bits per heavy atom. The molecule has 3 heterocycles. The van der Waals surface area contributed by atoms with E-state index in [2.05, 4.69) is 41.1 Å². The lowest BCUT2D eigenvalue weighted by Crippen LogP contribution is -2.47. The topological polar surface area (TPSA) is 87.1 Å². The lowest BCUT2D eigenvalue weighted by Gasteiger charge is -2.34. The molecule has 8 nitrogen and oxygen atoms in total. The summed E-state index contributed by atoms with van der Waals surface area (Å²) in [5, 5.41) is 2.93. The Labute approximate surface area is 169 Å². The minimum atomic E-state index is -0.241. The van der Waals surface area contributed by atoms with Gasteiger partial charge in [-0.25, -0.2) is 19.9 Å². The van der Waals surface area contributed by atoms with Crippen LogP contribution in [0.5, 0.6) is 0 Å². The van der Waals surface area contributed by atoms with E-state index in [0.717, 1.165) is 48.9 Å². The van der Waals surface area contributed by atoms with Crippen LogP contribution in [0.4, 0.5) is 17.6 Å². The van der Waals surface area contributed by atoms with Gasteiger partial charge in [0.15, 0.2) is 0 Å². The molecule has 1 amide bonds. The van der Waals surface area contributed by atoms with Crippen LogP contribution < -0.4 is 15.1 Å². The van der Waals surface area contributed by atoms with Gasteiger partial charge >= 0.3 is 0 Å². The molecule has 0 spiro atoms. The molecule has 1 aliphatic heterocycles. The van der Waals surface area contributed by atoms with Crippen molar-refractivity contribution in [1.82, 2.24) is 19.9 Å². The number of hydrogen-bond donors (Lipinski definition) is 1. The third-order valence-electron chi connectivity index (χ3n) is 4.75. The molecule has 3 aromatic rings. The summed E-state index contributed by atoms with van der Waals surface area (Å²) < 4.78 is 0. The highest BCUT2D eigenvalue weighted by atomic mass is 16.1. The van der Waals surface area contributed by atoms with Crippen molar-refractivity contribution in [1.29, 1.82) is 0 Å². The van der Waals surface area contributed by atoms with E-state index in [4.69, 9.17) is 0 Å². The molecule has 0 saturated carbocycles. The van der Waals surface area contributed by atoms with E-state index < -0.39 is 0 Å². The standard InChI is InChI=1S/C21H23N7O/c1-15-12-16(2)14-17(13-15)25-19(29)18-4-7-24-21(26-18)28-10-8-27(9-11-28)20-22-5-3-6-23-20/h3-7,12-14H,8-11H2,1-2H3,(H,25,29). The molecule has 29 heavy (non-hydrogen) atoms. The van der Waals surface area contributed by atoms with Crippen molar-refractivity contribution in [2.45, 2.75) is 13.8 Å². The van der Waals surface area contributed by atoms with E-state index in [9.17, 15) is 4.79 Å². The highest BCUT2D eigenvalue weighted by Crippen LogP contribution is 2.17. The average Bonchev–Trinajstić information content (AvgIpc) is 2.74. The lowest BCUT2D eigenvalue weighted by molar-refractivity contribution is 0.102. The first-order valence-corrected chi connectivity index (χ1v) is 9.58. The first-order valence-electron chi connectivity index (χ1n) is 9.58. The quantitative estimate of drug-likeness (QED) is 0.733. The second kappa shape index (κ2) is 8.22. The van der Waals surface area contributed by atoms with Gasteiger partial charge in [-0.05, 0) is 49.2 Å². The second-order valence-electron chi connectivity index (χ2n) is 7.10. The van der Waals surface area contributed by atoms with Gasteiger partial charge in [0.2, 0.25) is 11.9 Å². The summed E-state index contributed by atoms with van der Waals surface area (Å²) in [7, 11) is 0. The number of nitrogens with zero attached hydrogens (tertiary/aromatic N) is 6. The van der Waals surface area contributed by atoms with Gasteiger partial charge in [0.25, 0.3) is 5.91 Å². The molecule has 0 aliphatic carbocycles. The monoisotopic (exact) mass is 389 g/mol. The Hall–Kier alpha value is -3.55. The first-order chi connectivity index (χ1) is 14.1. The number of aromatic nitrogens is 4. The van der Waals surface area contributed by atoms with Crippen LogP contribution >= 0.6 is 0 Å². The number of anilines is 3. The van der Waals surface area contributed by atoms with Crippen molar-refractivity contribution in [2.24, 2.45) is 0 Å². The molecule has 0 atom stereocenters. The first kappa shape index (κ1) is 18.8. The normalized spacial score (nSPS) is 14.0. The average molecular weight is 389 g/mol. The lowest BCUT2D eigenvalue weighted by atomic mass is 10.1. The van der Waals surface area contributed by atoms with Crippen LogP contribution in [0, 0.1) is 13.8 Å². The molecule has 2 aromatic heterocycles. The molecule has 1 N–H and O–H groups in total. The maximum atomic E-state index is 12.7.